The lowest BCUT2D eigenvalue weighted by Gasteiger charge is -2.34. The van der Waals surface area contributed by atoms with Crippen molar-refractivity contribution in [1.29, 1.82) is 0 Å². The summed E-state index contributed by atoms with van der Waals surface area (Å²) in [5.74, 6) is 0.108. The summed E-state index contributed by atoms with van der Waals surface area (Å²) >= 11 is 1.37. The average Bonchev–Trinajstić information content (AvgIpc) is 3.03. The average molecular weight is 315 g/mol. The highest BCUT2D eigenvalue weighted by molar-refractivity contribution is 7.91. The van der Waals surface area contributed by atoms with Crippen molar-refractivity contribution in [2.24, 2.45) is 5.92 Å². The number of nitrogens with zero attached hydrogens (tertiary/aromatic N) is 1. The lowest BCUT2D eigenvalue weighted by Crippen LogP contribution is -2.44. The molecule has 1 aromatic rings. The summed E-state index contributed by atoms with van der Waals surface area (Å²) < 4.78 is 27.3. The lowest BCUT2D eigenvalue weighted by atomic mass is 9.92. The summed E-state index contributed by atoms with van der Waals surface area (Å²) in [6, 6.07) is 3.61. The molecule has 2 heterocycles. The number of aryl methyl sites for hydroxylation is 1. The molecule has 2 aliphatic rings. The van der Waals surface area contributed by atoms with Gasteiger partial charge >= 0.3 is 0 Å². The van der Waals surface area contributed by atoms with Gasteiger partial charge in [0.15, 0.2) is 0 Å². The first kappa shape index (κ1) is 14.5. The summed E-state index contributed by atoms with van der Waals surface area (Å²) in [7, 11) is -3.38. The third kappa shape index (κ3) is 2.54. The minimum Gasteiger partial charge on any atom is -0.390 e. The van der Waals surface area contributed by atoms with Crippen molar-refractivity contribution >= 4 is 21.4 Å². The van der Waals surface area contributed by atoms with E-state index >= 15 is 0 Å². The number of rotatable bonds is 4. The summed E-state index contributed by atoms with van der Waals surface area (Å²) in [5.41, 5.74) is -0.585. The van der Waals surface area contributed by atoms with E-state index in [1.807, 2.05) is 13.0 Å². The largest absolute Gasteiger partial charge is 0.390 e. The van der Waals surface area contributed by atoms with Gasteiger partial charge in [-0.1, -0.05) is 6.92 Å². The molecule has 1 aliphatic heterocycles. The van der Waals surface area contributed by atoms with Crippen LogP contribution in [-0.2, 0) is 16.4 Å². The van der Waals surface area contributed by atoms with Gasteiger partial charge in [0.05, 0.1) is 5.60 Å². The van der Waals surface area contributed by atoms with E-state index in [9.17, 15) is 13.5 Å². The zero-order chi connectivity index (χ0) is 14.4. The van der Waals surface area contributed by atoms with Crippen LogP contribution in [0.15, 0.2) is 16.3 Å². The third-order valence-corrected chi connectivity index (χ3v) is 8.05. The first-order chi connectivity index (χ1) is 9.45. The van der Waals surface area contributed by atoms with Gasteiger partial charge in [0, 0.05) is 23.9 Å². The number of thiophene rings is 1. The SMILES string of the molecule is CCc1ccc(S(=O)(=O)N2CCCC(C3(O)CC3)C2)s1. The number of hydrogen-bond acceptors (Lipinski definition) is 4. The van der Waals surface area contributed by atoms with Gasteiger partial charge in [0.2, 0.25) is 0 Å². The number of aliphatic hydroxyl groups is 1. The van der Waals surface area contributed by atoms with Crippen LogP contribution in [0.1, 0.15) is 37.5 Å². The molecule has 0 aromatic carbocycles. The minimum absolute atomic E-state index is 0.108. The smallest absolute Gasteiger partial charge is 0.252 e. The Bertz CT molecular complexity index is 589. The first-order valence-corrected chi connectivity index (χ1v) is 9.52. The van der Waals surface area contributed by atoms with Crippen molar-refractivity contribution in [1.82, 2.24) is 4.31 Å². The molecule has 1 aromatic heterocycles. The van der Waals surface area contributed by atoms with E-state index in [-0.39, 0.29) is 5.92 Å². The highest BCUT2D eigenvalue weighted by atomic mass is 32.2. The molecule has 1 aliphatic carbocycles. The van der Waals surface area contributed by atoms with Crippen molar-refractivity contribution in [3.8, 4) is 0 Å². The van der Waals surface area contributed by atoms with E-state index in [0.29, 0.717) is 17.3 Å². The third-order valence-electron chi connectivity index (χ3n) is 4.49. The molecule has 1 saturated heterocycles. The van der Waals surface area contributed by atoms with Crippen LogP contribution in [0.25, 0.3) is 0 Å². The van der Waals surface area contributed by atoms with E-state index < -0.39 is 15.6 Å². The predicted molar refractivity (Wildman–Crippen MR) is 79.4 cm³/mol. The summed E-state index contributed by atoms with van der Waals surface area (Å²) in [6.07, 6.45) is 4.29. The van der Waals surface area contributed by atoms with Crippen molar-refractivity contribution < 1.29 is 13.5 Å². The van der Waals surface area contributed by atoms with Gasteiger partial charge in [0.25, 0.3) is 10.0 Å². The summed E-state index contributed by atoms with van der Waals surface area (Å²) in [4.78, 5) is 1.10. The molecule has 112 valence electrons. The van der Waals surface area contributed by atoms with Crippen LogP contribution < -0.4 is 0 Å². The van der Waals surface area contributed by atoms with Crippen LogP contribution in [-0.4, -0.2) is 36.5 Å². The van der Waals surface area contributed by atoms with E-state index in [0.717, 1.165) is 37.0 Å². The minimum atomic E-state index is -3.38. The van der Waals surface area contributed by atoms with Gasteiger partial charge in [-0.05, 0) is 44.2 Å². The van der Waals surface area contributed by atoms with Gasteiger partial charge in [-0.2, -0.15) is 4.31 Å². The van der Waals surface area contributed by atoms with E-state index in [1.165, 1.54) is 11.3 Å². The highest BCUT2D eigenvalue weighted by Gasteiger charge is 2.49. The Kier molecular flexibility index (Phi) is 3.69. The van der Waals surface area contributed by atoms with Crippen molar-refractivity contribution in [2.45, 2.75) is 48.8 Å². The molecule has 0 spiro atoms. The van der Waals surface area contributed by atoms with Gasteiger partial charge in [-0.25, -0.2) is 8.42 Å². The summed E-state index contributed by atoms with van der Waals surface area (Å²) in [6.45, 7) is 3.08. The molecule has 20 heavy (non-hydrogen) atoms. The first-order valence-electron chi connectivity index (χ1n) is 7.27. The Labute approximate surface area is 124 Å². The highest BCUT2D eigenvalue weighted by Crippen LogP contribution is 2.46. The molecule has 0 radical (unpaired) electrons. The second kappa shape index (κ2) is 5.09. The van der Waals surface area contributed by atoms with Crippen molar-refractivity contribution in [2.75, 3.05) is 13.1 Å². The maximum Gasteiger partial charge on any atom is 0.252 e. The number of hydrogen-bond donors (Lipinski definition) is 1. The molecular formula is C14H21NO3S2. The maximum atomic E-state index is 12.7. The van der Waals surface area contributed by atoms with Gasteiger partial charge < -0.3 is 5.11 Å². The Morgan fingerprint density at radius 2 is 2.20 bits per heavy atom. The van der Waals surface area contributed by atoms with E-state index in [2.05, 4.69) is 0 Å². The van der Waals surface area contributed by atoms with Crippen LogP contribution >= 0.6 is 11.3 Å². The van der Waals surface area contributed by atoms with Crippen molar-refractivity contribution in [3.63, 3.8) is 0 Å². The second-order valence-corrected chi connectivity index (χ2v) is 9.21. The molecule has 1 atom stereocenters. The topological polar surface area (TPSA) is 57.6 Å². The molecule has 0 amide bonds. The Morgan fingerprint density at radius 1 is 1.45 bits per heavy atom. The fourth-order valence-electron chi connectivity index (χ4n) is 2.95. The molecule has 3 rings (SSSR count). The van der Waals surface area contributed by atoms with E-state index in [4.69, 9.17) is 0 Å². The molecule has 1 N–H and O–H groups in total. The van der Waals surface area contributed by atoms with Crippen LogP contribution in [0, 0.1) is 5.92 Å². The summed E-state index contributed by atoms with van der Waals surface area (Å²) in [5, 5.41) is 10.2. The fourth-order valence-corrected chi connectivity index (χ4v) is 5.92. The van der Waals surface area contributed by atoms with Crippen LogP contribution in [0.3, 0.4) is 0 Å². The zero-order valence-corrected chi connectivity index (χ0v) is 13.3. The van der Waals surface area contributed by atoms with Gasteiger partial charge in [0.1, 0.15) is 4.21 Å². The predicted octanol–water partition coefficient (Wildman–Crippen LogP) is 2.24. The maximum absolute atomic E-state index is 12.7. The fraction of sp³-hybridized carbons (Fsp3) is 0.714. The molecular weight excluding hydrogens is 294 g/mol. The molecule has 0 bridgehead atoms. The molecule has 2 fully saturated rings. The quantitative estimate of drug-likeness (QED) is 0.927. The van der Waals surface area contributed by atoms with Crippen LogP contribution in [0.4, 0.5) is 0 Å². The van der Waals surface area contributed by atoms with Gasteiger partial charge in [-0.3, -0.25) is 0 Å². The number of piperidine rings is 1. The Morgan fingerprint density at radius 3 is 2.80 bits per heavy atom. The monoisotopic (exact) mass is 315 g/mol. The van der Waals surface area contributed by atoms with Crippen LogP contribution in [0.2, 0.25) is 0 Å². The second-order valence-electron chi connectivity index (χ2n) is 5.88. The van der Waals surface area contributed by atoms with Crippen LogP contribution in [0.5, 0.6) is 0 Å². The van der Waals surface area contributed by atoms with Crippen molar-refractivity contribution in [3.05, 3.63) is 17.0 Å². The zero-order valence-electron chi connectivity index (χ0n) is 11.7. The lowest BCUT2D eigenvalue weighted by molar-refractivity contribution is 0.0515. The Hall–Kier alpha value is -0.430. The molecule has 1 unspecified atom stereocenters. The Balaban J connectivity index is 1.80. The molecule has 1 saturated carbocycles. The molecule has 4 nitrogen and oxygen atoms in total. The standard InChI is InChI=1S/C14H21NO3S2/c1-2-12-5-6-13(19-12)20(17,18)15-9-3-4-11(10-15)14(16)7-8-14/h5-6,11,16H,2-4,7-10H2,1H3. The number of sulfonamides is 1. The normalized spacial score (nSPS) is 26.6. The molecule has 6 heteroatoms. The van der Waals surface area contributed by atoms with Gasteiger partial charge in [-0.15, -0.1) is 11.3 Å². The van der Waals surface area contributed by atoms with E-state index in [1.54, 1.807) is 10.4 Å².